The molecule has 6 heteroatoms. The highest BCUT2D eigenvalue weighted by Gasteiger charge is 2.29. The average Bonchev–Trinajstić information content (AvgIpc) is 2.90. The highest BCUT2D eigenvalue weighted by Crippen LogP contribution is 2.16. The molecular weight excluding hydrogens is 345 g/mol. The smallest absolute Gasteiger partial charge is 0.423 e. The van der Waals surface area contributed by atoms with Crippen LogP contribution in [-0.4, -0.2) is 18.0 Å². The lowest BCUT2D eigenvalue weighted by molar-refractivity contribution is -0.116. The Morgan fingerprint density at radius 3 is 2.82 bits per heavy atom. The summed E-state index contributed by atoms with van der Waals surface area (Å²) >= 11 is 3.36. The lowest BCUT2D eigenvalue weighted by atomic mass is 9.75. The molecule has 0 unspecified atom stereocenters. The van der Waals surface area contributed by atoms with Crippen LogP contribution >= 0.6 is 15.9 Å². The van der Waals surface area contributed by atoms with E-state index >= 15 is 0 Å². The number of amides is 1. The van der Waals surface area contributed by atoms with Crippen molar-refractivity contribution in [3.63, 3.8) is 0 Å². The van der Waals surface area contributed by atoms with Gasteiger partial charge in [0.25, 0.3) is 0 Å². The Morgan fingerprint density at radius 1 is 1.27 bits per heavy atom. The summed E-state index contributed by atoms with van der Waals surface area (Å²) in [6.07, 6.45) is 0.936. The van der Waals surface area contributed by atoms with Gasteiger partial charge >= 0.3 is 7.12 Å². The molecule has 1 amide bonds. The topological polar surface area (TPSA) is 58.6 Å². The van der Waals surface area contributed by atoms with Gasteiger partial charge in [0, 0.05) is 16.6 Å². The molecule has 0 aromatic heterocycles. The fourth-order valence-corrected chi connectivity index (χ4v) is 2.85. The van der Waals surface area contributed by atoms with Gasteiger partial charge in [0.15, 0.2) is 0 Å². The molecule has 1 heterocycles. The number of carbonyl (C=O) groups is 1. The molecule has 0 bridgehead atoms. The van der Waals surface area contributed by atoms with Gasteiger partial charge in [-0.05, 0) is 47.3 Å². The number of anilines is 1. The maximum Gasteiger partial charge on any atom is 0.492 e. The zero-order valence-corrected chi connectivity index (χ0v) is 13.5. The number of hydrogen-bond donors (Lipinski definition) is 2. The van der Waals surface area contributed by atoms with E-state index in [1.807, 2.05) is 42.5 Å². The van der Waals surface area contributed by atoms with Crippen LogP contribution in [0.5, 0.6) is 0 Å². The van der Waals surface area contributed by atoms with Crippen LogP contribution in [0, 0.1) is 0 Å². The molecule has 1 aliphatic rings. The fraction of sp³-hybridized carbons (Fsp3) is 0.188. The first-order valence-corrected chi connectivity index (χ1v) is 7.88. The number of benzene rings is 2. The number of hydrogen-bond acceptors (Lipinski definition) is 3. The van der Waals surface area contributed by atoms with Crippen molar-refractivity contribution in [2.24, 2.45) is 0 Å². The Hall–Kier alpha value is -1.63. The lowest BCUT2D eigenvalue weighted by Gasteiger charge is -2.09. The number of fused-ring (bicyclic) bond motifs is 1. The minimum absolute atomic E-state index is 0.0478. The highest BCUT2D eigenvalue weighted by atomic mass is 79.9. The summed E-state index contributed by atoms with van der Waals surface area (Å²) in [5, 5.41) is 12.7. The maximum atomic E-state index is 12.0. The maximum absolute atomic E-state index is 12.0. The van der Waals surface area contributed by atoms with E-state index in [0.717, 1.165) is 26.7 Å². The van der Waals surface area contributed by atoms with Crippen molar-refractivity contribution < 1.29 is 14.5 Å². The molecule has 22 heavy (non-hydrogen) atoms. The number of halogens is 1. The third-order valence-corrected chi connectivity index (χ3v) is 4.21. The summed E-state index contributed by atoms with van der Waals surface area (Å²) in [7, 11) is -0.874. The zero-order valence-electron chi connectivity index (χ0n) is 11.9. The summed E-state index contributed by atoms with van der Waals surface area (Å²) in [5.74, 6) is -0.0478. The number of carbonyl (C=O) groups excluding carboxylic acids is 1. The Bertz CT molecular complexity index is 690. The Balaban J connectivity index is 1.62. The van der Waals surface area contributed by atoms with Crippen molar-refractivity contribution in [1.82, 2.24) is 0 Å². The Morgan fingerprint density at radius 2 is 2.05 bits per heavy atom. The van der Waals surface area contributed by atoms with Crippen LogP contribution < -0.4 is 10.8 Å². The molecule has 2 aromatic carbocycles. The van der Waals surface area contributed by atoms with Crippen molar-refractivity contribution in [3.8, 4) is 0 Å². The molecule has 2 N–H and O–H groups in total. The van der Waals surface area contributed by atoms with E-state index in [0.29, 0.717) is 19.4 Å². The van der Waals surface area contributed by atoms with Crippen LogP contribution in [0.4, 0.5) is 5.69 Å². The van der Waals surface area contributed by atoms with Gasteiger partial charge < -0.3 is 15.0 Å². The number of rotatable bonds is 4. The Kier molecular flexibility index (Phi) is 4.61. The van der Waals surface area contributed by atoms with Gasteiger partial charge in [-0.3, -0.25) is 4.79 Å². The van der Waals surface area contributed by atoms with E-state index < -0.39 is 7.12 Å². The molecule has 112 valence electrons. The van der Waals surface area contributed by atoms with Gasteiger partial charge in [0.2, 0.25) is 5.91 Å². The molecule has 0 spiro atoms. The van der Waals surface area contributed by atoms with E-state index in [9.17, 15) is 9.82 Å². The predicted molar refractivity (Wildman–Crippen MR) is 89.9 cm³/mol. The number of nitrogens with one attached hydrogen (secondary N) is 1. The summed E-state index contributed by atoms with van der Waals surface area (Å²) in [4.78, 5) is 12.0. The fourth-order valence-electron chi connectivity index (χ4n) is 2.58. The largest absolute Gasteiger partial charge is 0.492 e. The monoisotopic (exact) mass is 359 g/mol. The first kappa shape index (κ1) is 15.3. The average molecular weight is 360 g/mol. The third kappa shape index (κ3) is 3.40. The molecule has 4 nitrogen and oxygen atoms in total. The first-order chi connectivity index (χ1) is 10.6. The van der Waals surface area contributed by atoms with E-state index in [2.05, 4.69) is 21.2 Å². The molecule has 3 rings (SSSR count). The predicted octanol–water partition coefficient (Wildman–Crippen LogP) is 2.24. The molecule has 0 atom stereocenters. The van der Waals surface area contributed by atoms with Crippen LogP contribution in [-0.2, 0) is 22.5 Å². The van der Waals surface area contributed by atoms with Crippen molar-refractivity contribution in [2.75, 3.05) is 5.32 Å². The molecular formula is C16H15BBrNO3. The van der Waals surface area contributed by atoms with E-state index in [1.54, 1.807) is 0 Å². The molecule has 0 saturated carbocycles. The first-order valence-electron chi connectivity index (χ1n) is 7.09. The molecule has 0 aliphatic carbocycles. The van der Waals surface area contributed by atoms with Crippen LogP contribution in [0.1, 0.15) is 17.5 Å². The molecule has 0 radical (unpaired) electrons. The molecule has 1 aliphatic heterocycles. The van der Waals surface area contributed by atoms with Gasteiger partial charge in [-0.1, -0.05) is 34.1 Å². The molecule has 0 saturated heterocycles. The van der Waals surface area contributed by atoms with Gasteiger partial charge in [0.05, 0.1) is 6.61 Å². The van der Waals surface area contributed by atoms with E-state index in [4.69, 9.17) is 4.65 Å². The zero-order chi connectivity index (χ0) is 15.5. The van der Waals surface area contributed by atoms with E-state index in [-0.39, 0.29) is 5.91 Å². The summed E-state index contributed by atoms with van der Waals surface area (Å²) < 4.78 is 6.20. The molecule has 2 aromatic rings. The minimum atomic E-state index is -0.874. The lowest BCUT2D eigenvalue weighted by Crippen LogP contribution is -2.31. The highest BCUT2D eigenvalue weighted by molar-refractivity contribution is 9.10. The van der Waals surface area contributed by atoms with Crippen LogP contribution in [0.25, 0.3) is 0 Å². The normalized spacial score (nSPS) is 13.1. The van der Waals surface area contributed by atoms with Crippen molar-refractivity contribution >= 4 is 40.1 Å². The van der Waals surface area contributed by atoms with Gasteiger partial charge in [-0.25, -0.2) is 0 Å². The van der Waals surface area contributed by atoms with Crippen molar-refractivity contribution in [3.05, 3.63) is 58.1 Å². The van der Waals surface area contributed by atoms with Crippen molar-refractivity contribution in [1.29, 1.82) is 0 Å². The second-order valence-electron chi connectivity index (χ2n) is 5.21. The van der Waals surface area contributed by atoms with Crippen LogP contribution in [0.2, 0.25) is 0 Å². The SMILES string of the molecule is O=C(CCc1cccc2c1B(O)OC2)Nc1ccc(Br)cc1. The van der Waals surface area contributed by atoms with Crippen LogP contribution in [0.3, 0.4) is 0 Å². The second kappa shape index (κ2) is 6.65. The Labute approximate surface area is 137 Å². The molecule has 0 fully saturated rings. The summed E-state index contributed by atoms with van der Waals surface area (Å²) in [6.45, 7) is 0.426. The van der Waals surface area contributed by atoms with Crippen LogP contribution in [0.15, 0.2) is 46.9 Å². The number of aryl methyl sites for hydroxylation is 1. The van der Waals surface area contributed by atoms with Gasteiger partial charge in [-0.2, -0.15) is 0 Å². The van der Waals surface area contributed by atoms with Gasteiger partial charge in [0.1, 0.15) is 0 Å². The van der Waals surface area contributed by atoms with Gasteiger partial charge in [-0.15, -0.1) is 0 Å². The quantitative estimate of drug-likeness (QED) is 0.823. The minimum Gasteiger partial charge on any atom is -0.423 e. The summed E-state index contributed by atoms with van der Waals surface area (Å²) in [6, 6.07) is 13.3. The third-order valence-electron chi connectivity index (χ3n) is 3.68. The standard InChI is InChI=1S/C16H15BBrNO3/c18-13-5-7-14(8-6-13)19-15(20)9-4-11-2-1-3-12-10-22-17(21)16(11)12/h1-3,5-8,21H,4,9-10H2,(H,19,20). The summed E-state index contributed by atoms with van der Waals surface area (Å²) in [5.41, 5.74) is 3.56. The van der Waals surface area contributed by atoms with Crippen molar-refractivity contribution in [2.45, 2.75) is 19.4 Å². The second-order valence-corrected chi connectivity index (χ2v) is 6.12. The van der Waals surface area contributed by atoms with E-state index in [1.165, 1.54) is 0 Å².